The lowest BCUT2D eigenvalue weighted by Crippen LogP contribution is -2.03. The Bertz CT molecular complexity index is 541. The van der Waals surface area contributed by atoms with Crippen molar-refractivity contribution in [1.82, 2.24) is 0 Å². The molecule has 20 heavy (non-hydrogen) atoms. The molecule has 106 valence electrons. The summed E-state index contributed by atoms with van der Waals surface area (Å²) in [6.07, 6.45) is 4.71. The molecular formula is C16H19NO3. The van der Waals surface area contributed by atoms with Crippen molar-refractivity contribution in [3.8, 4) is 11.8 Å². The van der Waals surface area contributed by atoms with Gasteiger partial charge in [0.2, 0.25) is 0 Å². The Morgan fingerprint density at radius 3 is 2.70 bits per heavy atom. The van der Waals surface area contributed by atoms with E-state index in [0.29, 0.717) is 11.3 Å². The number of hydrogen-bond acceptors (Lipinski definition) is 4. The maximum atomic E-state index is 11.4. The van der Waals surface area contributed by atoms with Crippen LogP contribution in [-0.4, -0.2) is 20.2 Å². The Labute approximate surface area is 119 Å². The van der Waals surface area contributed by atoms with Crippen molar-refractivity contribution in [1.29, 1.82) is 5.26 Å². The van der Waals surface area contributed by atoms with Crippen LogP contribution in [0.3, 0.4) is 0 Å². The zero-order valence-electron chi connectivity index (χ0n) is 12.1. The average Bonchev–Trinajstić information content (AvgIpc) is 2.50. The van der Waals surface area contributed by atoms with Gasteiger partial charge >= 0.3 is 5.97 Å². The van der Waals surface area contributed by atoms with Crippen LogP contribution in [0.5, 0.6) is 5.75 Å². The molecule has 0 spiro atoms. The maximum Gasteiger partial charge on any atom is 0.348 e. The first-order valence-electron chi connectivity index (χ1n) is 6.53. The highest BCUT2D eigenvalue weighted by Gasteiger charge is 2.11. The van der Waals surface area contributed by atoms with E-state index in [2.05, 4.69) is 11.7 Å². The van der Waals surface area contributed by atoms with Crippen LogP contribution in [-0.2, 0) is 16.0 Å². The molecule has 0 aliphatic heterocycles. The molecular weight excluding hydrogens is 254 g/mol. The van der Waals surface area contributed by atoms with E-state index in [4.69, 9.17) is 10.00 Å². The van der Waals surface area contributed by atoms with Gasteiger partial charge < -0.3 is 9.47 Å². The summed E-state index contributed by atoms with van der Waals surface area (Å²) in [5.74, 6) is -0.000122. The summed E-state index contributed by atoms with van der Waals surface area (Å²) < 4.78 is 9.87. The summed E-state index contributed by atoms with van der Waals surface area (Å²) in [6, 6.07) is 7.60. The molecule has 0 amide bonds. The van der Waals surface area contributed by atoms with Gasteiger partial charge in [-0.25, -0.2) is 4.79 Å². The average molecular weight is 273 g/mol. The number of unbranched alkanes of at least 4 members (excludes halogenated alkanes) is 1. The van der Waals surface area contributed by atoms with Crippen LogP contribution < -0.4 is 4.74 Å². The molecule has 1 aromatic rings. The van der Waals surface area contributed by atoms with E-state index in [-0.39, 0.29) is 5.57 Å². The van der Waals surface area contributed by atoms with Crippen molar-refractivity contribution in [2.45, 2.75) is 26.2 Å². The van der Waals surface area contributed by atoms with Crippen molar-refractivity contribution in [3.63, 3.8) is 0 Å². The highest BCUT2D eigenvalue weighted by Crippen LogP contribution is 2.24. The molecule has 0 aromatic heterocycles. The second-order valence-corrected chi connectivity index (χ2v) is 4.34. The molecule has 4 heteroatoms. The number of methoxy groups -OCH3 is 2. The summed E-state index contributed by atoms with van der Waals surface area (Å²) >= 11 is 0. The van der Waals surface area contributed by atoms with Crippen LogP contribution in [0, 0.1) is 11.3 Å². The molecule has 0 heterocycles. The maximum absolute atomic E-state index is 11.4. The molecule has 0 unspecified atom stereocenters. The number of ether oxygens (including phenoxy) is 2. The van der Waals surface area contributed by atoms with Crippen molar-refractivity contribution < 1.29 is 14.3 Å². The fourth-order valence-corrected chi connectivity index (χ4v) is 1.81. The Morgan fingerprint density at radius 1 is 1.40 bits per heavy atom. The molecule has 1 aromatic carbocycles. The van der Waals surface area contributed by atoms with Crippen LogP contribution in [0.4, 0.5) is 0 Å². The summed E-state index contributed by atoms with van der Waals surface area (Å²) in [6.45, 7) is 2.14. The zero-order valence-corrected chi connectivity index (χ0v) is 12.1. The van der Waals surface area contributed by atoms with E-state index in [1.165, 1.54) is 18.7 Å². The van der Waals surface area contributed by atoms with Crippen LogP contribution >= 0.6 is 0 Å². The molecule has 0 aliphatic carbocycles. The number of carbonyl (C=O) groups excluding carboxylic acids is 1. The smallest absolute Gasteiger partial charge is 0.348 e. The predicted molar refractivity (Wildman–Crippen MR) is 77.2 cm³/mol. The molecule has 0 saturated heterocycles. The molecule has 0 saturated carbocycles. The quantitative estimate of drug-likeness (QED) is 0.454. The van der Waals surface area contributed by atoms with Gasteiger partial charge in [-0.05, 0) is 30.5 Å². The Morgan fingerprint density at radius 2 is 2.15 bits per heavy atom. The minimum absolute atomic E-state index is 0.0490. The third kappa shape index (κ3) is 4.13. The van der Waals surface area contributed by atoms with Crippen LogP contribution in [0.15, 0.2) is 23.8 Å². The third-order valence-corrected chi connectivity index (χ3v) is 2.94. The van der Waals surface area contributed by atoms with E-state index < -0.39 is 5.97 Å². The summed E-state index contributed by atoms with van der Waals surface area (Å²) in [5, 5.41) is 8.96. The zero-order chi connectivity index (χ0) is 15.0. The lowest BCUT2D eigenvalue weighted by Gasteiger charge is -2.08. The van der Waals surface area contributed by atoms with Gasteiger partial charge in [0.1, 0.15) is 17.4 Å². The summed E-state index contributed by atoms with van der Waals surface area (Å²) in [5.41, 5.74) is 1.82. The molecule has 0 bridgehead atoms. The summed E-state index contributed by atoms with van der Waals surface area (Å²) in [4.78, 5) is 11.4. The first kappa shape index (κ1) is 15.8. The Balaban J connectivity index is 3.09. The van der Waals surface area contributed by atoms with Crippen LogP contribution in [0.2, 0.25) is 0 Å². The number of nitriles is 1. The van der Waals surface area contributed by atoms with Crippen molar-refractivity contribution >= 4 is 12.0 Å². The first-order chi connectivity index (χ1) is 9.65. The normalized spacial score (nSPS) is 10.8. The first-order valence-corrected chi connectivity index (χ1v) is 6.53. The molecule has 0 fully saturated rings. The summed E-state index contributed by atoms with van der Waals surface area (Å²) in [7, 11) is 2.82. The second-order valence-electron chi connectivity index (χ2n) is 4.34. The van der Waals surface area contributed by atoms with E-state index in [1.807, 2.05) is 24.3 Å². The molecule has 0 atom stereocenters. The minimum atomic E-state index is -0.649. The lowest BCUT2D eigenvalue weighted by molar-refractivity contribution is -0.135. The highest BCUT2D eigenvalue weighted by molar-refractivity contribution is 5.98. The van der Waals surface area contributed by atoms with Crippen LogP contribution in [0.25, 0.3) is 6.08 Å². The molecule has 4 nitrogen and oxygen atoms in total. The van der Waals surface area contributed by atoms with Gasteiger partial charge in [-0.15, -0.1) is 0 Å². The van der Waals surface area contributed by atoms with Crippen molar-refractivity contribution in [3.05, 3.63) is 34.9 Å². The van der Waals surface area contributed by atoms with Gasteiger partial charge in [0.15, 0.2) is 0 Å². The van der Waals surface area contributed by atoms with Gasteiger partial charge in [-0.1, -0.05) is 25.5 Å². The number of rotatable bonds is 6. The van der Waals surface area contributed by atoms with Gasteiger partial charge in [0.05, 0.1) is 14.2 Å². The lowest BCUT2D eigenvalue weighted by atomic mass is 10.0. The van der Waals surface area contributed by atoms with E-state index in [9.17, 15) is 4.79 Å². The molecule has 0 aliphatic rings. The number of esters is 1. The fourth-order valence-electron chi connectivity index (χ4n) is 1.81. The SMILES string of the molecule is CCCCc1ccc(C=C(C#N)C(=O)OC)c(OC)c1. The number of nitrogens with zero attached hydrogens (tertiary/aromatic N) is 1. The largest absolute Gasteiger partial charge is 0.496 e. The van der Waals surface area contributed by atoms with Crippen molar-refractivity contribution in [2.24, 2.45) is 0 Å². The van der Waals surface area contributed by atoms with Gasteiger partial charge in [-0.3, -0.25) is 0 Å². The highest BCUT2D eigenvalue weighted by atomic mass is 16.5. The van der Waals surface area contributed by atoms with E-state index in [1.54, 1.807) is 7.11 Å². The number of aryl methyl sites for hydroxylation is 1. The monoisotopic (exact) mass is 273 g/mol. The Hall–Kier alpha value is -2.28. The predicted octanol–water partition coefficient (Wildman–Crippen LogP) is 3.12. The standard InChI is InChI=1S/C16H19NO3/c1-4-5-6-12-7-8-13(15(9-12)19-2)10-14(11-17)16(18)20-3/h7-10H,4-6H2,1-3H3. The molecule has 0 radical (unpaired) electrons. The van der Waals surface area contributed by atoms with Crippen LogP contribution in [0.1, 0.15) is 30.9 Å². The van der Waals surface area contributed by atoms with Gasteiger partial charge in [0, 0.05) is 5.56 Å². The Kier molecular flexibility index (Phi) is 6.31. The fraction of sp³-hybridized carbons (Fsp3) is 0.375. The number of carbonyl (C=O) groups is 1. The van der Waals surface area contributed by atoms with E-state index in [0.717, 1.165) is 19.3 Å². The third-order valence-electron chi connectivity index (χ3n) is 2.94. The molecule has 1 rings (SSSR count). The molecule has 0 N–H and O–H groups in total. The topological polar surface area (TPSA) is 59.3 Å². The number of benzene rings is 1. The second kappa shape index (κ2) is 8.00. The van der Waals surface area contributed by atoms with Crippen molar-refractivity contribution in [2.75, 3.05) is 14.2 Å². The van der Waals surface area contributed by atoms with Gasteiger partial charge in [-0.2, -0.15) is 5.26 Å². The van der Waals surface area contributed by atoms with Gasteiger partial charge in [0.25, 0.3) is 0 Å². The number of hydrogen-bond donors (Lipinski definition) is 0. The van der Waals surface area contributed by atoms with E-state index >= 15 is 0 Å². The minimum Gasteiger partial charge on any atom is -0.496 e.